The zero-order valence-corrected chi connectivity index (χ0v) is 16.4. The van der Waals surface area contributed by atoms with Crippen LogP contribution in [0, 0.1) is 20.8 Å². The Morgan fingerprint density at radius 1 is 1.07 bits per heavy atom. The van der Waals surface area contributed by atoms with Crippen molar-refractivity contribution in [2.45, 2.75) is 32.2 Å². The van der Waals surface area contributed by atoms with Gasteiger partial charge in [0.05, 0.1) is 18.6 Å². The molecule has 0 spiro atoms. The minimum atomic E-state index is -3.73. The molecule has 0 amide bonds. The molecule has 8 heteroatoms. The number of aromatic nitrogens is 2. The summed E-state index contributed by atoms with van der Waals surface area (Å²) in [5.74, 6) is 1.27. The van der Waals surface area contributed by atoms with Gasteiger partial charge >= 0.3 is 0 Å². The third kappa shape index (κ3) is 3.86. The van der Waals surface area contributed by atoms with E-state index in [1.54, 1.807) is 20.1 Å². The van der Waals surface area contributed by atoms with Crippen LogP contribution in [0.1, 0.15) is 22.6 Å². The molecule has 7 nitrogen and oxygen atoms in total. The smallest absolute Gasteiger partial charge is 0.242 e. The van der Waals surface area contributed by atoms with Crippen molar-refractivity contribution in [1.82, 2.24) is 14.9 Å². The fourth-order valence-electron chi connectivity index (χ4n) is 2.78. The first-order valence-corrected chi connectivity index (χ1v) is 9.84. The van der Waals surface area contributed by atoms with Crippen LogP contribution in [0.3, 0.4) is 0 Å². The topological polar surface area (TPSA) is 94.3 Å². The van der Waals surface area contributed by atoms with E-state index in [-0.39, 0.29) is 17.3 Å². The quantitative estimate of drug-likeness (QED) is 0.698. The predicted octanol–water partition coefficient (Wildman–Crippen LogP) is 3.15. The largest absolute Gasteiger partial charge is 0.496 e. The standard InChI is InChI=1S/C19H21N3O4S/c1-12-7-5-6-8-15(12)19-21-18(26-22-19)11-20-27(23,24)17-10-9-16(25-4)13(2)14(17)3/h5-10,20H,11H2,1-4H3. The molecule has 0 saturated heterocycles. The van der Waals surface area contributed by atoms with E-state index >= 15 is 0 Å². The van der Waals surface area contributed by atoms with Crippen LogP contribution in [0.4, 0.5) is 0 Å². The Balaban J connectivity index is 1.79. The van der Waals surface area contributed by atoms with Gasteiger partial charge in [0, 0.05) is 5.56 Å². The van der Waals surface area contributed by atoms with Gasteiger partial charge in [-0.2, -0.15) is 4.98 Å². The Morgan fingerprint density at radius 2 is 1.81 bits per heavy atom. The van der Waals surface area contributed by atoms with E-state index in [4.69, 9.17) is 9.26 Å². The molecule has 0 bridgehead atoms. The van der Waals surface area contributed by atoms with Crippen molar-refractivity contribution < 1.29 is 17.7 Å². The third-order valence-electron chi connectivity index (χ3n) is 4.46. The number of methoxy groups -OCH3 is 1. The van der Waals surface area contributed by atoms with Crippen molar-refractivity contribution in [3.63, 3.8) is 0 Å². The van der Waals surface area contributed by atoms with Gasteiger partial charge in [-0.15, -0.1) is 0 Å². The highest BCUT2D eigenvalue weighted by molar-refractivity contribution is 7.89. The Hall–Kier alpha value is -2.71. The zero-order valence-electron chi connectivity index (χ0n) is 15.6. The maximum absolute atomic E-state index is 12.7. The van der Waals surface area contributed by atoms with E-state index in [9.17, 15) is 8.42 Å². The third-order valence-corrected chi connectivity index (χ3v) is 6.01. The van der Waals surface area contributed by atoms with Gasteiger partial charge in [-0.05, 0) is 49.6 Å². The van der Waals surface area contributed by atoms with Gasteiger partial charge < -0.3 is 9.26 Å². The molecule has 0 aliphatic carbocycles. The SMILES string of the molecule is COc1ccc(S(=O)(=O)NCc2nc(-c3ccccc3C)no2)c(C)c1C. The Bertz CT molecular complexity index is 1070. The van der Waals surface area contributed by atoms with Crippen molar-refractivity contribution in [3.05, 3.63) is 59.0 Å². The van der Waals surface area contributed by atoms with Crippen molar-refractivity contribution in [2.75, 3.05) is 7.11 Å². The van der Waals surface area contributed by atoms with E-state index < -0.39 is 10.0 Å². The zero-order chi connectivity index (χ0) is 19.6. The van der Waals surface area contributed by atoms with Gasteiger partial charge in [0.1, 0.15) is 5.75 Å². The predicted molar refractivity (Wildman–Crippen MR) is 101 cm³/mol. The number of rotatable bonds is 6. The maximum Gasteiger partial charge on any atom is 0.242 e. The van der Waals surface area contributed by atoms with E-state index in [0.717, 1.165) is 16.7 Å². The second-order valence-corrected chi connectivity index (χ2v) is 7.90. The van der Waals surface area contributed by atoms with Crippen LogP contribution in [-0.2, 0) is 16.6 Å². The van der Waals surface area contributed by atoms with Gasteiger partial charge in [-0.3, -0.25) is 0 Å². The second-order valence-electron chi connectivity index (χ2n) is 6.17. The van der Waals surface area contributed by atoms with Crippen LogP contribution in [-0.4, -0.2) is 25.7 Å². The van der Waals surface area contributed by atoms with Crippen molar-refractivity contribution >= 4 is 10.0 Å². The van der Waals surface area contributed by atoms with Crippen LogP contribution >= 0.6 is 0 Å². The molecule has 2 aromatic carbocycles. The van der Waals surface area contributed by atoms with E-state index in [1.165, 1.54) is 6.07 Å². The summed E-state index contributed by atoms with van der Waals surface area (Å²) < 4.78 is 38.3. The Labute approximate surface area is 158 Å². The number of hydrogen-bond donors (Lipinski definition) is 1. The maximum atomic E-state index is 12.7. The minimum Gasteiger partial charge on any atom is -0.496 e. The molecule has 27 heavy (non-hydrogen) atoms. The average molecular weight is 387 g/mol. The summed E-state index contributed by atoms with van der Waals surface area (Å²) in [6.07, 6.45) is 0. The molecule has 0 atom stereocenters. The average Bonchev–Trinajstić information content (AvgIpc) is 3.11. The number of nitrogens with zero attached hydrogens (tertiary/aromatic N) is 2. The molecule has 3 rings (SSSR count). The van der Waals surface area contributed by atoms with Gasteiger partial charge in [-0.25, -0.2) is 13.1 Å². The van der Waals surface area contributed by atoms with Gasteiger partial charge in [-0.1, -0.05) is 29.4 Å². The van der Waals surface area contributed by atoms with Crippen LogP contribution in [0.15, 0.2) is 45.8 Å². The lowest BCUT2D eigenvalue weighted by molar-refractivity contribution is 0.376. The molecule has 142 valence electrons. The summed E-state index contributed by atoms with van der Waals surface area (Å²) >= 11 is 0. The summed E-state index contributed by atoms with van der Waals surface area (Å²) in [6.45, 7) is 5.42. The summed E-state index contributed by atoms with van der Waals surface area (Å²) in [7, 11) is -2.18. The molecule has 1 N–H and O–H groups in total. The van der Waals surface area contributed by atoms with Gasteiger partial charge in [0.15, 0.2) is 0 Å². The molecule has 1 aromatic heterocycles. The van der Waals surface area contributed by atoms with Crippen LogP contribution < -0.4 is 9.46 Å². The van der Waals surface area contributed by atoms with Crippen LogP contribution in [0.2, 0.25) is 0 Å². The fourth-order valence-corrected chi connectivity index (χ4v) is 4.05. The number of ether oxygens (including phenoxy) is 1. The summed E-state index contributed by atoms with van der Waals surface area (Å²) in [5.41, 5.74) is 3.26. The van der Waals surface area contributed by atoms with E-state index in [1.807, 2.05) is 38.1 Å². The molecular formula is C19H21N3O4S. The lowest BCUT2D eigenvalue weighted by Crippen LogP contribution is -2.24. The molecule has 0 saturated carbocycles. The second kappa shape index (κ2) is 7.50. The Morgan fingerprint density at radius 3 is 2.52 bits per heavy atom. The first-order chi connectivity index (χ1) is 12.8. The highest BCUT2D eigenvalue weighted by atomic mass is 32.2. The first-order valence-electron chi connectivity index (χ1n) is 8.36. The molecule has 0 radical (unpaired) electrons. The van der Waals surface area contributed by atoms with E-state index in [2.05, 4.69) is 14.9 Å². The normalized spacial score (nSPS) is 11.6. The molecule has 3 aromatic rings. The number of benzene rings is 2. The number of nitrogens with one attached hydrogen (secondary N) is 1. The molecule has 0 fully saturated rings. The molecular weight excluding hydrogens is 366 g/mol. The number of sulfonamides is 1. The van der Waals surface area contributed by atoms with Crippen LogP contribution in [0.25, 0.3) is 11.4 Å². The molecule has 0 aliphatic heterocycles. The van der Waals surface area contributed by atoms with Gasteiger partial charge in [0.2, 0.25) is 21.7 Å². The highest BCUT2D eigenvalue weighted by Gasteiger charge is 2.21. The number of aryl methyl sites for hydroxylation is 1. The van der Waals surface area contributed by atoms with Crippen LogP contribution in [0.5, 0.6) is 5.75 Å². The Kier molecular flexibility index (Phi) is 5.29. The lowest BCUT2D eigenvalue weighted by Gasteiger charge is -2.13. The summed E-state index contributed by atoms with van der Waals surface area (Å²) in [5, 5.41) is 3.94. The molecule has 1 heterocycles. The van der Waals surface area contributed by atoms with Gasteiger partial charge in [0.25, 0.3) is 0 Å². The van der Waals surface area contributed by atoms with Crippen molar-refractivity contribution in [3.8, 4) is 17.1 Å². The minimum absolute atomic E-state index is 0.0915. The fraction of sp³-hybridized carbons (Fsp3) is 0.263. The summed E-state index contributed by atoms with van der Waals surface area (Å²) in [6, 6.07) is 10.8. The molecule has 0 aliphatic rings. The van der Waals surface area contributed by atoms with Crippen molar-refractivity contribution in [1.29, 1.82) is 0 Å². The highest BCUT2D eigenvalue weighted by Crippen LogP contribution is 2.27. The number of hydrogen-bond acceptors (Lipinski definition) is 6. The first kappa shape index (κ1) is 19.1. The van der Waals surface area contributed by atoms with Crippen molar-refractivity contribution in [2.24, 2.45) is 0 Å². The molecule has 0 unspecified atom stereocenters. The lowest BCUT2D eigenvalue weighted by atomic mass is 10.1. The summed E-state index contributed by atoms with van der Waals surface area (Å²) in [4.78, 5) is 4.47. The monoisotopic (exact) mass is 387 g/mol. The van der Waals surface area contributed by atoms with E-state index in [0.29, 0.717) is 17.1 Å².